The number of rotatable bonds is 6. The molecule has 0 saturated heterocycles. The second-order valence-electron chi connectivity index (χ2n) is 3.84. The van der Waals surface area contributed by atoms with Crippen LogP contribution in [0.15, 0.2) is 40.3 Å². The summed E-state index contributed by atoms with van der Waals surface area (Å²) in [6.07, 6.45) is 1.82. The van der Waals surface area contributed by atoms with E-state index in [4.69, 9.17) is 4.42 Å². The van der Waals surface area contributed by atoms with Gasteiger partial charge in [0.2, 0.25) is 5.91 Å². The zero-order valence-electron chi connectivity index (χ0n) is 10.2. The van der Waals surface area contributed by atoms with Crippen molar-refractivity contribution in [2.75, 3.05) is 13.1 Å². The Bertz CT molecular complexity index is 520. The summed E-state index contributed by atoms with van der Waals surface area (Å²) in [7, 11) is 0. The minimum Gasteiger partial charge on any atom is -0.459 e. The van der Waals surface area contributed by atoms with Gasteiger partial charge < -0.3 is 15.1 Å². The van der Waals surface area contributed by atoms with E-state index in [2.05, 4.69) is 10.6 Å². The first-order valence-electron chi connectivity index (χ1n) is 5.86. The molecule has 2 amide bonds. The van der Waals surface area contributed by atoms with Crippen molar-refractivity contribution < 1.29 is 14.0 Å². The fourth-order valence-corrected chi connectivity index (χ4v) is 2.21. The summed E-state index contributed by atoms with van der Waals surface area (Å²) < 4.78 is 4.95. The van der Waals surface area contributed by atoms with E-state index in [1.807, 2.05) is 17.5 Å². The van der Waals surface area contributed by atoms with Crippen LogP contribution in [0, 0.1) is 0 Å². The first kappa shape index (κ1) is 13.4. The summed E-state index contributed by atoms with van der Waals surface area (Å²) in [5.74, 6) is -0.0582. The molecule has 2 aromatic heterocycles. The highest BCUT2D eigenvalue weighted by atomic mass is 32.1. The molecular weight excluding hydrogens is 264 g/mol. The first-order valence-corrected chi connectivity index (χ1v) is 6.74. The van der Waals surface area contributed by atoms with Crippen molar-refractivity contribution in [3.05, 3.63) is 46.5 Å². The molecule has 2 N–H and O–H groups in total. The van der Waals surface area contributed by atoms with Crippen molar-refractivity contribution in [1.82, 2.24) is 10.6 Å². The number of amides is 2. The van der Waals surface area contributed by atoms with Crippen molar-refractivity contribution in [2.24, 2.45) is 0 Å². The van der Waals surface area contributed by atoms with Crippen molar-refractivity contribution in [3.8, 4) is 0 Å². The van der Waals surface area contributed by atoms with E-state index in [0.29, 0.717) is 19.5 Å². The summed E-state index contributed by atoms with van der Waals surface area (Å²) in [5.41, 5.74) is 0. The molecule has 6 heteroatoms. The van der Waals surface area contributed by atoms with Gasteiger partial charge in [0, 0.05) is 18.0 Å². The minimum atomic E-state index is -0.280. The molecule has 0 aliphatic carbocycles. The highest BCUT2D eigenvalue weighted by Crippen LogP contribution is 2.08. The maximum absolute atomic E-state index is 11.5. The Morgan fingerprint density at radius 3 is 2.68 bits per heavy atom. The predicted molar refractivity (Wildman–Crippen MR) is 72.1 cm³/mol. The fraction of sp³-hybridized carbons (Fsp3) is 0.231. The molecule has 0 radical (unpaired) electrons. The summed E-state index contributed by atoms with van der Waals surface area (Å²) in [5, 5.41) is 7.34. The second-order valence-corrected chi connectivity index (χ2v) is 4.87. The quantitative estimate of drug-likeness (QED) is 0.785. The van der Waals surface area contributed by atoms with Crippen LogP contribution in [0.1, 0.15) is 15.4 Å². The number of carbonyl (C=O) groups is 2. The Hall–Kier alpha value is -2.08. The first-order chi connectivity index (χ1) is 9.25. The molecule has 0 bridgehead atoms. The number of carbonyl (C=O) groups excluding carboxylic acids is 2. The molecule has 0 spiro atoms. The Morgan fingerprint density at radius 2 is 2.00 bits per heavy atom. The van der Waals surface area contributed by atoms with Crippen LogP contribution in [0.2, 0.25) is 0 Å². The van der Waals surface area contributed by atoms with Gasteiger partial charge in [-0.05, 0) is 23.6 Å². The smallest absolute Gasteiger partial charge is 0.287 e. The Morgan fingerprint density at radius 1 is 1.16 bits per heavy atom. The van der Waals surface area contributed by atoms with E-state index >= 15 is 0 Å². The third-order valence-corrected chi connectivity index (χ3v) is 3.27. The van der Waals surface area contributed by atoms with Gasteiger partial charge in [0.05, 0.1) is 12.7 Å². The van der Waals surface area contributed by atoms with Crippen LogP contribution in [0.4, 0.5) is 0 Å². The van der Waals surface area contributed by atoms with E-state index in [1.165, 1.54) is 6.26 Å². The number of hydrogen-bond donors (Lipinski definition) is 2. The van der Waals surface area contributed by atoms with E-state index < -0.39 is 0 Å². The zero-order chi connectivity index (χ0) is 13.5. The Balaban J connectivity index is 1.61. The van der Waals surface area contributed by atoms with Crippen LogP contribution in [-0.4, -0.2) is 24.9 Å². The summed E-state index contributed by atoms with van der Waals surface area (Å²) >= 11 is 1.55. The summed E-state index contributed by atoms with van der Waals surface area (Å²) in [6.45, 7) is 0.770. The summed E-state index contributed by atoms with van der Waals surface area (Å²) in [6, 6.07) is 7.07. The van der Waals surface area contributed by atoms with Gasteiger partial charge in [0.15, 0.2) is 5.76 Å². The van der Waals surface area contributed by atoms with Crippen molar-refractivity contribution in [1.29, 1.82) is 0 Å². The lowest BCUT2D eigenvalue weighted by molar-refractivity contribution is -0.120. The zero-order valence-corrected chi connectivity index (χ0v) is 11.0. The van der Waals surface area contributed by atoms with Gasteiger partial charge in [-0.15, -0.1) is 11.3 Å². The van der Waals surface area contributed by atoms with E-state index in [9.17, 15) is 9.59 Å². The number of hydrogen-bond acceptors (Lipinski definition) is 4. The molecule has 0 fully saturated rings. The maximum atomic E-state index is 11.5. The molecule has 0 saturated carbocycles. The number of furan rings is 1. The predicted octanol–water partition coefficient (Wildman–Crippen LogP) is 1.43. The summed E-state index contributed by atoms with van der Waals surface area (Å²) in [4.78, 5) is 24.1. The van der Waals surface area contributed by atoms with E-state index in [-0.39, 0.29) is 17.6 Å². The molecule has 0 aromatic carbocycles. The maximum Gasteiger partial charge on any atom is 0.287 e. The van der Waals surface area contributed by atoms with Crippen LogP contribution < -0.4 is 10.6 Å². The Kier molecular flexibility index (Phi) is 4.74. The SMILES string of the molecule is O=C(Cc1cccs1)NCCNC(=O)c1ccco1. The highest BCUT2D eigenvalue weighted by Gasteiger charge is 2.07. The molecule has 100 valence electrons. The van der Waals surface area contributed by atoms with Crippen molar-refractivity contribution >= 4 is 23.2 Å². The van der Waals surface area contributed by atoms with Gasteiger partial charge in [-0.3, -0.25) is 9.59 Å². The third kappa shape index (κ3) is 4.26. The molecular formula is C13H14N2O3S. The largest absolute Gasteiger partial charge is 0.459 e. The standard InChI is InChI=1S/C13H14N2O3S/c16-12(9-10-3-2-8-19-10)14-5-6-15-13(17)11-4-1-7-18-11/h1-4,7-8H,5-6,9H2,(H,14,16)(H,15,17). The minimum absolute atomic E-state index is 0.0466. The number of thiophene rings is 1. The fourth-order valence-electron chi connectivity index (χ4n) is 1.51. The lowest BCUT2D eigenvalue weighted by Gasteiger charge is -2.05. The molecule has 0 aliphatic heterocycles. The van der Waals surface area contributed by atoms with Gasteiger partial charge in [0.1, 0.15) is 0 Å². The van der Waals surface area contributed by atoms with Crippen molar-refractivity contribution in [3.63, 3.8) is 0 Å². The lowest BCUT2D eigenvalue weighted by atomic mass is 10.3. The normalized spacial score (nSPS) is 10.1. The third-order valence-electron chi connectivity index (χ3n) is 2.39. The average molecular weight is 278 g/mol. The van der Waals surface area contributed by atoms with Gasteiger partial charge in [-0.25, -0.2) is 0 Å². The lowest BCUT2D eigenvalue weighted by Crippen LogP contribution is -2.35. The molecule has 19 heavy (non-hydrogen) atoms. The molecule has 2 rings (SSSR count). The molecule has 5 nitrogen and oxygen atoms in total. The molecule has 0 unspecified atom stereocenters. The highest BCUT2D eigenvalue weighted by molar-refractivity contribution is 7.10. The monoisotopic (exact) mass is 278 g/mol. The topological polar surface area (TPSA) is 71.3 Å². The second kappa shape index (κ2) is 6.75. The number of nitrogens with one attached hydrogen (secondary N) is 2. The molecule has 2 heterocycles. The molecule has 0 aliphatic rings. The average Bonchev–Trinajstić information content (AvgIpc) is 3.06. The molecule has 2 aromatic rings. The van der Waals surface area contributed by atoms with Gasteiger partial charge in [0.25, 0.3) is 5.91 Å². The Labute approximate surface area is 114 Å². The molecule has 0 atom stereocenters. The van der Waals surface area contributed by atoms with Crippen LogP contribution in [-0.2, 0) is 11.2 Å². The van der Waals surface area contributed by atoms with Crippen LogP contribution in [0.5, 0.6) is 0 Å². The van der Waals surface area contributed by atoms with Crippen LogP contribution in [0.25, 0.3) is 0 Å². The van der Waals surface area contributed by atoms with Gasteiger partial charge in [-0.1, -0.05) is 6.07 Å². The van der Waals surface area contributed by atoms with Crippen LogP contribution in [0.3, 0.4) is 0 Å². The van der Waals surface area contributed by atoms with E-state index in [1.54, 1.807) is 23.5 Å². The van der Waals surface area contributed by atoms with Crippen LogP contribution >= 0.6 is 11.3 Å². The van der Waals surface area contributed by atoms with Gasteiger partial charge in [-0.2, -0.15) is 0 Å². The van der Waals surface area contributed by atoms with Gasteiger partial charge >= 0.3 is 0 Å². The van der Waals surface area contributed by atoms with Crippen molar-refractivity contribution in [2.45, 2.75) is 6.42 Å². The van der Waals surface area contributed by atoms with E-state index in [0.717, 1.165) is 4.88 Å².